The normalized spacial score (nSPS) is 16.2. The Labute approximate surface area is 209 Å². The van der Waals surface area contributed by atoms with Crippen molar-refractivity contribution in [1.82, 2.24) is 10.3 Å². The number of rotatable bonds is 3. The lowest BCUT2D eigenvalue weighted by molar-refractivity contribution is -0.946. The first-order valence-electron chi connectivity index (χ1n) is 11.6. The minimum atomic E-state index is -0.152. The fourth-order valence-corrected chi connectivity index (χ4v) is 4.61. The van der Waals surface area contributed by atoms with Crippen molar-refractivity contribution in [2.45, 2.75) is 6.92 Å². The van der Waals surface area contributed by atoms with Crippen molar-refractivity contribution in [3.8, 4) is 0 Å². The summed E-state index contributed by atoms with van der Waals surface area (Å²) < 4.78 is 0.416. The lowest BCUT2D eigenvalue weighted by Gasteiger charge is -2.42. The van der Waals surface area contributed by atoms with Crippen molar-refractivity contribution in [3.63, 3.8) is 0 Å². The van der Waals surface area contributed by atoms with E-state index in [1.54, 1.807) is 24.3 Å². The molecule has 1 fully saturated rings. The van der Waals surface area contributed by atoms with Gasteiger partial charge in [0, 0.05) is 27.4 Å². The second kappa shape index (κ2) is 9.17. The molecule has 0 aromatic heterocycles. The van der Waals surface area contributed by atoms with Crippen LogP contribution in [0.1, 0.15) is 33.2 Å². The molecule has 35 heavy (non-hydrogen) atoms. The maximum atomic E-state index is 12.9. The van der Waals surface area contributed by atoms with E-state index >= 15 is 0 Å². The second-order valence-corrected chi connectivity index (χ2v) is 9.61. The number of para-hydroxylation sites is 1. The highest BCUT2D eigenvalue weighted by Crippen LogP contribution is 2.36. The minimum Gasteiger partial charge on any atom is -0.353 e. The number of quaternary nitrogens is 1. The number of likely N-dealkylation sites (N-methyl/N-ethyl adjacent to an activating group) is 1. The Hall–Kier alpha value is -3.68. The molecule has 2 aliphatic heterocycles. The van der Waals surface area contributed by atoms with Crippen LogP contribution in [-0.2, 0) is 0 Å². The fourth-order valence-electron chi connectivity index (χ4n) is 4.45. The maximum absolute atomic E-state index is 12.9. The fraction of sp³-hybridized carbons (Fsp3) is 0.222. The second-order valence-electron chi connectivity index (χ2n) is 9.17. The maximum Gasteiger partial charge on any atom is 0.295 e. The molecule has 2 heterocycles. The Balaban J connectivity index is 1.34. The number of fused-ring (bicyclic) bond motifs is 2. The number of amides is 1. The smallest absolute Gasteiger partial charge is 0.295 e. The number of hydrogen-bond acceptors (Lipinski definition) is 5. The molecule has 0 spiro atoms. The highest BCUT2D eigenvalue weighted by Gasteiger charge is 2.34. The number of anilines is 2. The summed E-state index contributed by atoms with van der Waals surface area (Å²) in [4.78, 5) is 31.7. The first-order valence-corrected chi connectivity index (χ1v) is 12.0. The predicted molar refractivity (Wildman–Crippen MR) is 139 cm³/mol. The molecule has 1 amide bonds. The summed E-state index contributed by atoms with van der Waals surface area (Å²) in [6.07, 6.45) is 0. The van der Waals surface area contributed by atoms with Crippen LogP contribution in [0.25, 0.3) is 0 Å². The van der Waals surface area contributed by atoms with Crippen LogP contribution >= 0.6 is 11.6 Å². The van der Waals surface area contributed by atoms with Crippen molar-refractivity contribution < 1.29 is 14.2 Å². The number of carbonyl (C=O) groups is 2. The van der Waals surface area contributed by atoms with Gasteiger partial charge in [0.2, 0.25) is 0 Å². The first-order chi connectivity index (χ1) is 16.8. The Morgan fingerprint density at radius 2 is 1.66 bits per heavy atom. The van der Waals surface area contributed by atoms with Crippen molar-refractivity contribution in [1.29, 1.82) is 0 Å². The highest BCUT2D eigenvalue weighted by molar-refractivity contribution is 6.31. The number of Topliss-reactive ketones (excluding diaryl/α,β-unsaturated/α-hetero) is 1. The Kier molecular flexibility index (Phi) is 6.05. The lowest BCUT2D eigenvalue weighted by atomic mass is 10.1. The van der Waals surface area contributed by atoms with Gasteiger partial charge in [-0.05, 0) is 49.4 Å². The lowest BCUT2D eigenvalue weighted by Crippen LogP contribution is -2.65. The molecule has 0 saturated carbocycles. The van der Waals surface area contributed by atoms with Crippen LogP contribution in [0.15, 0.2) is 71.7 Å². The third-order valence-electron chi connectivity index (χ3n) is 6.57. The molecule has 2 N–H and O–H groups in total. The van der Waals surface area contributed by atoms with Gasteiger partial charge in [0.15, 0.2) is 5.78 Å². The molecular formula is C27H27ClN5O2+. The van der Waals surface area contributed by atoms with E-state index in [0.29, 0.717) is 33.8 Å². The van der Waals surface area contributed by atoms with Gasteiger partial charge in [-0.15, -0.1) is 0 Å². The van der Waals surface area contributed by atoms with Gasteiger partial charge >= 0.3 is 0 Å². The number of nitrogens with one attached hydrogen (secondary N) is 2. The van der Waals surface area contributed by atoms with Crippen molar-refractivity contribution in [3.05, 3.63) is 88.4 Å². The minimum absolute atomic E-state index is 0.0184. The number of amidine groups is 1. The van der Waals surface area contributed by atoms with Crippen molar-refractivity contribution >= 4 is 46.2 Å². The summed E-state index contributed by atoms with van der Waals surface area (Å²) in [7, 11) is 2.03. The third-order valence-corrected chi connectivity index (χ3v) is 6.81. The SMILES string of the molecule is CC(=O)c1ccc(C(=O)N[N+]2(C)CCN(C3=Nc4cc(Cl)ccc4Nc4ccccc43)CC2)cc1. The monoisotopic (exact) mass is 488 g/mol. The zero-order valence-corrected chi connectivity index (χ0v) is 20.5. The number of hydrogen-bond donors (Lipinski definition) is 2. The Morgan fingerprint density at radius 1 is 0.971 bits per heavy atom. The average Bonchev–Trinajstić information content (AvgIpc) is 3.01. The van der Waals surface area contributed by atoms with E-state index in [0.717, 1.165) is 41.6 Å². The molecule has 3 aromatic rings. The summed E-state index contributed by atoms with van der Waals surface area (Å²) in [5.74, 6) is 0.725. The van der Waals surface area contributed by atoms with Gasteiger partial charge in [0.05, 0.1) is 31.5 Å². The zero-order chi connectivity index (χ0) is 24.6. The number of benzene rings is 3. The third kappa shape index (κ3) is 4.78. The molecule has 0 unspecified atom stereocenters. The van der Waals surface area contributed by atoms with Crippen molar-refractivity contribution in [2.24, 2.45) is 4.99 Å². The van der Waals surface area contributed by atoms with Crippen molar-refractivity contribution in [2.75, 3.05) is 38.5 Å². The standard InChI is InChI=1S/C27H26ClN5O2/c1-18(34)19-7-9-20(10-8-19)27(35)31-33(2)15-13-32(14-16-33)26-22-5-3-4-6-23(22)29-24-12-11-21(28)17-25(24)30-26/h3-12,17H,13-16H2,1-2H3,(H-,29,30,31,35)/p+1. The topological polar surface area (TPSA) is 73.8 Å². The highest BCUT2D eigenvalue weighted by atomic mass is 35.5. The number of piperazine rings is 1. The van der Waals surface area contributed by atoms with Crippen LogP contribution in [0.3, 0.4) is 0 Å². The molecule has 0 atom stereocenters. The number of halogens is 1. The van der Waals surface area contributed by atoms with Gasteiger partial charge in [0.1, 0.15) is 18.9 Å². The van der Waals surface area contributed by atoms with E-state index < -0.39 is 0 Å². The van der Waals surface area contributed by atoms with Crippen LogP contribution in [0, 0.1) is 0 Å². The van der Waals surface area contributed by atoms with E-state index in [2.05, 4.69) is 27.8 Å². The van der Waals surface area contributed by atoms with Gasteiger partial charge in [-0.3, -0.25) is 9.59 Å². The largest absolute Gasteiger partial charge is 0.353 e. The number of ketones is 1. The summed E-state index contributed by atoms with van der Waals surface area (Å²) in [5, 5.41) is 4.13. The van der Waals surface area contributed by atoms with Gasteiger partial charge < -0.3 is 10.2 Å². The number of carbonyl (C=O) groups excluding carboxylic acids is 2. The Morgan fingerprint density at radius 3 is 2.37 bits per heavy atom. The molecule has 1 saturated heterocycles. The molecule has 178 valence electrons. The molecule has 7 nitrogen and oxygen atoms in total. The van der Waals surface area contributed by atoms with E-state index in [-0.39, 0.29) is 11.7 Å². The van der Waals surface area contributed by atoms with Gasteiger partial charge in [0.25, 0.3) is 5.91 Å². The predicted octanol–water partition coefficient (Wildman–Crippen LogP) is 4.79. The molecule has 5 rings (SSSR count). The number of aliphatic imine (C=N–C) groups is 1. The van der Waals surface area contributed by atoms with Gasteiger partial charge in [-0.25, -0.2) is 9.58 Å². The van der Waals surface area contributed by atoms with E-state index in [1.807, 2.05) is 37.4 Å². The number of nitrogens with zero attached hydrogens (tertiary/aromatic N) is 3. The van der Waals surface area contributed by atoms with Crippen LogP contribution in [0.4, 0.5) is 17.1 Å². The van der Waals surface area contributed by atoms with E-state index in [4.69, 9.17) is 16.6 Å². The average molecular weight is 489 g/mol. The summed E-state index contributed by atoms with van der Waals surface area (Å²) >= 11 is 6.27. The first kappa shape index (κ1) is 23.1. The summed E-state index contributed by atoms with van der Waals surface area (Å²) in [6.45, 7) is 4.40. The van der Waals surface area contributed by atoms with E-state index in [9.17, 15) is 9.59 Å². The Bertz CT molecular complexity index is 1330. The molecule has 8 heteroatoms. The summed E-state index contributed by atoms with van der Waals surface area (Å²) in [5.41, 5.74) is 8.04. The molecule has 2 aliphatic rings. The molecular weight excluding hydrogens is 462 g/mol. The van der Waals surface area contributed by atoms with E-state index in [1.165, 1.54) is 6.92 Å². The quantitative estimate of drug-likeness (QED) is 0.411. The molecule has 0 radical (unpaired) electrons. The van der Waals surface area contributed by atoms with Crippen LogP contribution in [0.5, 0.6) is 0 Å². The molecule has 0 bridgehead atoms. The zero-order valence-electron chi connectivity index (χ0n) is 19.7. The van der Waals surface area contributed by atoms with Gasteiger partial charge in [-0.1, -0.05) is 35.9 Å². The van der Waals surface area contributed by atoms with Crippen LogP contribution in [0.2, 0.25) is 5.02 Å². The molecule has 0 aliphatic carbocycles. The molecule has 3 aromatic carbocycles. The van der Waals surface area contributed by atoms with Crippen LogP contribution < -0.4 is 10.7 Å². The van der Waals surface area contributed by atoms with Gasteiger partial charge in [-0.2, -0.15) is 5.43 Å². The van der Waals surface area contributed by atoms with Crippen LogP contribution in [-0.4, -0.2) is 60.2 Å². The summed E-state index contributed by atoms with van der Waals surface area (Å²) in [6, 6.07) is 20.6.